The van der Waals surface area contributed by atoms with Gasteiger partial charge in [0.2, 0.25) is 10.0 Å². The van der Waals surface area contributed by atoms with E-state index in [0.29, 0.717) is 6.42 Å². The number of carboxylic acid groups (broad SMARTS) is 1. The standard InChI is InChI=1S/C11H17N3O4S/c1-3-11(5-4-6-11)14-19(17,18)9-7(2)12-13-8(9)10(15)16/h14H,3-6H2,1-2H3,(H,12,13)(H,15,16). The fourth-order valence-corrected chi connectivity index (χ4v) is 4.22. The van der Waals surface area contributed by atoms with Gasteiger partial charge >= 0.3 is 5.97 Å². The molecule has 0 aliphatic heterocycles. The summed E-state index contributed by atoms with van der Waals surface area (Å²) in [6.45, 7) is 3.41. The molecule has 0 amide bonds. The third-order valence-electron chi connectivity index (χ3n) is 3.70. The molecule has 1 fully saturated rings. The summed E-state index contributed by atoms with van der Waals surface area (Å²) in [5, 5.41) is 14.9. The number of aromatic carboxylic acids is 1. The minimum atomic E-state index is -3.88. The highest BCUT2D eigenvalue weighted by Gasteiger charge is 2.41. The molecule has 0 saturated heterocycles. The van der Waals surface area contributed by atoms with Crippen molar-refractivity contribution in [2.24, 2.45) is 0 Å². The normalized spacial score (nSPS) is 18.0. The molecule has 0 atom stereocenters. The van der Waals surface area contributed by atoms with Gasteiger partial charge in [0.25, 0.3) is 0 Å². The van der Waals surface area contributed by atoms with E-state index in [-0.39, 0.29) is 10.6 Å². The van der Waals surface area contributed by atoms with Crippen molar-refractivity contribution < 1.29 is 18.3 Å². The van der Waals surface area contributed by atoms with Gasteiger partial charge in [0.15, 0.2) is 5.69 Å². The van der Waals surface area contributed by atoms with Crippen LogP contribution in [0.5, 0.6) is 0 Å². The predicted molar refractivity (Wildman–Crippen MR) is 67.5 cm³/mol. The van der Waals surface area contributed by atoms with E-state index in [1.54, 1.807) is 0 Å². The molecule has 1 aliphatic carbocycles. The molecule has 0 unspecified atom stereocenters. The number of hydrogen-bond acceptors (Lipinski definition) is 4. The van der Waals surface area contributed by atoms with Crippen molar-refractivity contribution in [3.8, 4) is 0 Å². The first kappa shape index (κ1) is 14.0. The van der Waals surface area contributed by atoms with Crippen molar-refractivity contribution in [2.45, 2.75) is 50.0 Å². The van der Waals surface area contributed by atoms with Gasteiger partial charge in [-0.25, -0.2) is 17.9 Å². The number of aromatic amines is 1. The highest BCUT2D eigenvalue weighted by molar-refractivity contribution is 7.89. The monoisotopic (exact) mass is 287 g/mol. The van der Waals surface area contributed by atoms with Crippen molar-refractivity contribution in [3.63, 3.8) is 0 Å². The van der Waals surface area contributed by atoms with E-state index in [9.17, 15) is 13.2 Å². The Morgan fingerprint density at radius 3 is 2.58 bits per heavy atom. The lowest BCUT2D eigenvalue weighted by Crippen LogP contribution is -2.53. The van der Waals surface area contributed by atoms with Crippen LogP contribution in [-0.4, -0.2) is 35.2 Å². The molecule has 1 saturated carbocycles. The Balaban J connectivity index is 2.40. The Kier molecular flexibility index (Phi) is 3.40. The van der Waals surface area contributed by atoms with E-state index in [4.69, 9.17) is 5.11 Å². The van der Waals surface area contributed by atoms with E-state index in [1.807, 2.05) is 6.92 Å². The first-order chi connectivity index (χ1) is 8.81. The molecule has 7 nitrogen and oxygen atoms in total. The SMILES string of the molecule is CCC1(NS(=O)(=O)c2c(C(=O)O)n[nH]c2C)CCC1. The number of nitrogens with zero attached hydrogens (tertiary/aromatic N) is 1. The Labute approximate surface area is 111 Å². The maximum atomic E-state index is 12.4. The fraction of sp³-hybridized carbons (Fsp3) is 0.636. The smallest absolute Gasteiger partial charge is 0.357 e. The fourth-order valence-electron chi connectivity index (χ4n) is 2.36. The molecule has 0 bridgehead atoms. The summed E-state index contributed by atoms with van der Waals surface area (Å²) < 4.78 is 27.4. The quantitative estimate of drug-likeness (QED) is 0.748. The van der Waals surface area contributed by atoms with Crippen LogP contribution in [0.25, 0.3) is 0 Å². The lowest BCUT2D eigenvalue weighted by atomic mass is 9.76. The second-order valence-corrected chi connectivity index (χ2v) is 6.54. The number of nitrogens with one attached hydrogen (secondary N) is 2. The van der Waals surface area contributed by atoms with E-state index < -0.39 is 27.2 Å². The summed E-state index contributed by atoms with van der Waals surface area (Å²) in [6, 6.07) is 0. The van der Waals surface area contributed by atoms with Crippen molar-refractivity contribution in [1.29, 1.82) is 0 Å². The summed E-state index contributed by atoms with van der Waals surface area (Å²) in [6.07, 6.45) is 3.22. The zero-order chi connectivity index (χ0) is 14.3. The largest absolute Gasteiger partial charge is 0.476 e. The van der Waals surface area contributed by atoms with Gasteiger partial charge in [-0.1, -0.05) is 6.92 Å². The molecule has 2 rings (SSSR count). The first-order valence-electron chi connectivity index (χ1n) is 6.13. The van der Waals surface area contributed by atoms with Gasteiger partial charge in [-0.2, -0.15) is 5.10 Å². The highest BCUT2D eigenvalue weighted by atomic mass is 32.2. The van der Waals surface area contributed by atoms with E-state index >= 15 is 0 Å². The number of aromatic nitrogens is 2. The van der Waals surface area contributed by atoms with Crippen LogP contribution in [0.3, 0.4) is 0 Å². The van der Waals surface area contributed by atoms with Crippen molar-refractivity contribution >= 4 is 16.0 Å². The van der Waals surface area contributed by atoms with Crippen molar-refractivity contribution in [2.75, 3.05) is 0 Å². The van der Waals surface area contributed by atoms with Crippen LogP contribution >= 0.6 is 0 Å². The molecule has 1 aromatic heterocycles. The van der Waals surface area contributed by atoms with Gasteiger partial charge in [-0.05, 0) is 32.6 Å². The van der Waals surface area contributed by atoms with Crippen LogP contribution < -0.4 is 4.72 Å². The van der Waals surface area contributed by atoms with Crippen molar-refractivity contribution in [1.82, 2.24) is 14.9 Å². The number of rotatable bonds is 5. The zero-order valence-corrected chi connectivity index (χ0v) is 11.7. The minimum Gasteiger partial charge on any atom is -0.476 e. The number of aryl methyl sites for hydroxylation is 1. The molecule has 106 valence electrons. The second kappa shape index (κ2) is 4.61. The molecule has 3 N–H and O–H groups in total. The molecular weight excluding hydrogens is 270 g/mol. The molecule has 8 heteroatoms. The topological polar surface area (TPSA) is 112 Å². The predicted octanol–water partition coefficient (Wildman–Crippen LogP) is 1.03. The zero-order valence-electron chi connectivity index (χ0n) is 10.9. The maximum Gasteiger partial charge on any atom is 0.357 e. The Bertz CT molecular complexity index is 596. The summed E-state index contributed by atoms with van der Waals surface area (Å²) in [4.78, 5) is 10.8. The summed E-state index contributed by atoms with van der Waals surface area (Å²) in [5.41, 5.74) is -0.663. The summed E-state index contributed by atoms with van der Waals surface area (Å²) in [7, 11) is -3.88. The van der Waals surface area contributed by atoms with Gasteiger partial charge < -0.3 is 5.11 Å². The van der Waals surface area contributed by atoms with Crippen LogP contribution in [0.1, 0.15) is 48.8 Å². The average molecular weight is 287 g/mol. The maximum absolute atomic E-state index is 12.4. The van der Waals surface area contributed by atoms with Crippen LogP contribution in [0.4, 0.5) is 0 Å². The molecule has 1 aromatic rings. The number of carbonyl (C=O) groups is 1. The number of sulfonamides is 1. The molecular formula is C11H17N3O4S. The minimum absolute atomic E-state index is 0.232. The summed E-state index contributed by atoms with van der Waals surface area (Å²) in [5.74, 6) is -1.36. The Morgan fingerprint density at radius 2 is 2.16 bits per heavy atom. The summed E-state index contributed by atoms with van der Waals surface area (Å²) >= 11 is 0. The second-order valence-electron chi connectivity index (χ2n) is 4.92. The molecule has 0 spiro atoms. The number of carboxylic acids is 1. The highest BCUT2D eigenvalue weighted by Crippen LogP contribution is 2.36. The third-order valence-corrected chi connectivity index (χ3v) is 5.44. The van der Waals surface area contributed by atoms with Crippen LogP contribution in [0.15, 0.2) is 4.90 Å². The van der Waals surface area contributed by atoms with Crippen molar-refractivity contribution in [3.05, 3.63) is 11.4 Å². The Hall–Kier alpha value is -1.41. The lowest BCUT2D eigenvalue weighted by Gasteiger charge is -2.41. The van der Waals surface area contributed by atoms with Crippen LogP contribution in [-0.2, 0) is 10.0 Å². The van der Waals surface area contributed by atoms with Gasteiger partial charge in [0.1, 0.15) is 4.90 Å². The number of hydrogen-bond donors (Lipinski definition) is 3. The van der Waals surface area contributed by atoms with Gasteiger partial charge in [0.05, 0.1) is 5.69 Å². The molecule has 1 aliphatic rings. The lowest BCUT2D eigenvalue weighted by molar-refractivity contribution is 0.0686. The van der Waals surface area contributed by atoms with Crippen LogP contribution in [0, 0.1) is 6.92 Å². The van der Waals surface area contributed by atoms with E-state index in [0.717, 1.165) is 19.3 Å². The molecule has 0 radical (unpaired) electrons. The van der Waals surface area contributed by atoms with Gasteiger partial charge in [0, 0.05) is 5.54 Å². The number of H-pyrrole nitrogens is 1. The first-order valence-corrected chi connectivity index (χ1v) is 7.62. The third kappa shape index (κ3) is 2.37. The molecule has 19 heavy (non-hydrogen) atoms. The van der Waals surface area contributed by atoms with Gasteiger partial charge in [-0.3, -0.25) is 5.10 Å². The van der Waals surface area contributed by atoms with E-state index in [2.05, 4.69) is 14.9 Å². The molecule has 1 heterocycles. The molecule has 0 aromatic carbocycles. The van der Waals surface area contributed by atoms with E-state index in [1.165, 1.54) is 6.92 Å². The van der Waals surface area contributed by atoms with Crippen LogP contribution in [0.2, 0.25) is 0 Å². The average Bonchev–Trinajstić information content (AvgIpc) is 2.66. The Morgan fingerprint density at radius 1 is 1.53 bits per heavy atom. The van der Waals surface area contributed by atoms with Gasteiger partial charge in [-0.15, -0.1) is 0 Å².